The van der Waals surface area contributed by atoms with Crippen molar-refractivity contribution in [3.8, 4) is 0 Å². The van der Waals surface area contributed by atoms with Gasteiger partial charge in [0.25, 0.3) is 0 Å². The average molecular weight is 210 g/mol. The van der Waals surface area contributed by atoms with Gasteiger partial charge in [-0.15, -0.1) is 0 Å². The van der Waals surface area contributed by atoms with Crippen molar-refractivity contribution in [3.63, 3.8) is 0 Å². The number of nitrogens with zero attached hydrogens (tertiary/aromatic N) is 1. The lowest BCUT2D eigenvalue weighted by Crippen LogP contribution is -2.38. The minimum Gasteiger partial charge on any atom is -0.327 e. The van der Waals surface area contributed by atoms with Crippen molar-refractivity contribution in [2.45, 2.75) is 31.7 Å². The van der Waals surface area contributed by atoms with Crippen LogP contribution in [0.5, 0.6) is 0 Å². The second kappa shape index (κ2) is 4.19. The van der Waals surface area contributed by atoms with E-state index in [1.165, 1.54) is 11.5 Å². The Morgan fingerprint density at radius 3 is 2.93 bits per heavy atom. The van der Waals surface area contributed by atoms with Gasteiger partial charge in [-0.1, -0.05) is 12.8 Å². The topological polar surface area (TPSA) is 56.0 Å². The highest BCUT2D eigenvalue weighted by Gasteiger charge is 2.29. The van der Waals surface area contributed by atoms with Crippen LogP contribution in [-0.4, -0.2) is 16.2 Å². The summed E-state index contributed by atoms with van der Waals surface area (Å²) in [4.78, 5) is 11.9. The minimum atomic E-state index is 0.00542. The van der Waals surface area contributed by atoms with Gasteiger partial charge in [0.2, 0.25) is 0 Å². The van der Waals surface area contributed by atoms with Crippen molar-refractivity contribution in [2.75, 3.05) is 0 Å². The zero-order valence-corrected chi connectivity index (χ0v) is 8.80. The third-order valence-corrected chi connectivity index (χ3v) is 3.41. The van der Waals surface area contributed by atoms with Crippen LogP contribution in [0.3, 0.4) is 0 Å². The van der Waals surface area contributed by atoms with E-state index in [1.54, 1.807) is 6.07 Å². The quantitative estimate of drug-likeness (QED) is 0.758. The zero-order chi connectivity index (χ0) is 9.97. The van der Waals surface area contributed by atoms with Gasteiger partial charge in [-0.25, -0.2) is 0 Å². The van der Waals surface area contributed by atoms with Gasteiger partial charge in [0.1, 0.15) is 5.69 Å². The van der Waals surface area contributed by atoms with Gasteiger partial charge < -0.3 is 5.73 Å². The van der Waals surface area contributed by atoms with Crippen molar-refractivity contribution in [1.82, 2.24) is 4.37 Å². The maximum Gasteiger partial charge on any atom is 0.186 e. The Morgan fingerprint density at radius 1 is 1.50 bits per heavy atom. The number of rotatable bonds is 2. The first-order valence-corrected chi connectivity index (χ1v) is 5.83. The van der Waals surface area contributed by atoms with E-state index in [-0.39, 0.29) is 17.7 Å². The molecule has 1 heterocycles. The first-order chi connectivity index (χ1) is 6.79. The molecule has 0 aliphatic heterocycles. The van der Waals surface area contributed by atoms with Gasteiger partial charge in [0, 0.05) is 17.3 Å². The summed E-state index contributed by atoms with van der Waals surface area (Å²) in [7, 11) is 0. The maximum absolute atomic E-state index is 11.9. The molecule has 1 saturated carbocycles. The monoisotopic (exact) mass is 210 g/mol. The van der Waals surface area contributed by atoms with Crippen molar-refractivity contribution in [1.29, 1.82) is 0 Å². The number of hydrogen-bond donors (Lipinski definition) is 1. The molecule has 4 heteroatoms. The number of hydrogen-bond acceptors (Lipinski definition) is 4. The Balaban J connectivity index is 2.10. The summed E-state index contributed by atoms with van der Waals surface area (Å²) in [5.74, 6) is 0.143. The van der Waals surface area contributed by atoms with E-state index in [0.717, 1.165) is 25.7 Å². The summed E-state index contributed by atoms with van der Waals surface area (Å²) in [5.41, 5.74) is 6.54. The summed E-state index contributed by atoms with van der Waals surface area (Å²) in [5, 5.41) is 1.83. The third-order valence-electron chi connectivity index (χ3n) is 2.85. The molecule has 0 aromatic carbocycles. The molecule has 2 rings (SSSR count). The molecule has 2 N–H and O–H groups in total. The number of ketones is 1. The molecule has 76 valence electrons. The van der Waals surface area contributed by atoms with Gasteiger partial charge in [0.05, 0.1) is 0 Å². The number of nitrogens with two attached hydrogens (primary N) is 1. The molecule has 14 heavy (non-hydrogen) atoms. The fraction of sp³-hybridized carbons (Fsp3) is 0.600. The third kappa shape index (κ3) is 1.86. The van der Waals surface area contributed by atoms with Gasteiger partial charge in [0.15, 0.2) is 5.78 Å². The normalized spacial score (nSPS) is 27.5. The molecular weight excluding hydrogens is 196 g/mol. The number of Topliss-reactive ketones (excluding diaryl/α,β-unsaturated/α-hetero) is 1. The molecule has 2 atom stereocenters. The molecule has 1 fully saturated rings. The van der Waals surface area contributed by atoms with Crippen LogP contribution in [-0.2, 0) is 0 Å². The minimum absolute atomic E-state index is 0.00542. The van der Waals surface area contributed by atoms with Crippen LogP contribution in [0.2, 0.25) is 0 Å². The van der Waals surface area contributed by atoms with Crippen LogP contribution in [0.1, 0.15) is 36.2 Å². The molecule has 0 radical (unpaired) electrons. The SMILES string of the molecule is NC1CCCCC1C(=O)c1ccsn1. The molecule has 0 spiro atoms. The summed E-state index contributed by atoms with van der Waals surface area (Å²) < 4.78 is 4.06. The Bertz CT molecular complexity index is 310. The Labute approximate surface area is 87.5 Å². The summed E-state index contributed by atoms with van der Waals surface area (Å²) in [6.45, 7) is 0. The first kappa shape index (κ1) is 9.80. The summed E-state index contributed by atoms with van der Waals surface area (Å²) in [6.07, 6.45) is 4.17. The van der Waals surface area contributed by atoms with E-state index in [0.29, 0.717) is 5.69 Å². The smallest absolute Gasteiger partial charge is 0.186 e. The fourth-order valence-corrected chi connectivity index (χ4v) is 2.53. The van der Waals surface area contributed by atoms with Crippen LogP contribution >= 0.6 is 11.5 Å². The number of carbonyl (C=O) groups excluding carboxylic acids is 1. The Kier molecular flexibility index (Phi) is 2.93. The van der Waals surface area contributed by atoms with Crippen molar-refractivity contribution >= 4 is 17.3 Å². The van der Waals surface area contributed by atoms with E-state index < -0.39 is 0 Å². The molecule has 1 aliphatic rings. The van der Waals surface area contributed by atoms with E-state index in [4.69, 9.17) is 5.73 Å². The highest BCUT2D eigenvalue weighted by molar-refractivity contribution is 7.03. The number of carbonyl (C=O) groups is 1. The maximum atomic E-state index is 11.9. The lowest BCUT2D eigenvalue weighted by molar-refractivity contribution is 0.0867. The molecule has 0 saturated heterocycles. The van der Waals surface area contributed by atoms with Crippen molar-refractivity contribution in [2.24, 2.45) is 11.7 Å². The van der Waals surface area contributed by atoms with Crippen LogP contribution in [0, 0.1) is 5.92 Å². The van der Waals surface area contributed by atoms with Gasteiger partial charge in [-0.2, -0.15) is 4.37 Å². The Hall–Kier alpha value is -0.740. The average Bonchev–Trinajstić information content (AvgIpc) is 2.70. The van der Waals surface area contributed by atoms with Gasteiger partial charge >= 0.3 is 0 Å². The van der Waals surface area contributed by atoms with Crippen LogP contribution in [0.4, 0.5) is 0 Å². The summed E-state index contributed by atoms with van der Waals surface area (Å²) >= 11 is 1.32. The lowest BCUT2D eigenvalue weighted by Gasteiger charge is -2.26. The molecule has 1 aliphatic carbocycles. The van der Waals surface area contributed by atoms with E-state index in [9.17, 15) is 4.79 Å². The lowest BCUT2D eigenvalue weighted by atomic mass is 9.81. The first-order valence-electron chi connectivity index (χ1n) is 4.99. The molecule has 0 bridgehead atoms. The fourth-order valence-electron chi connectivity index (χ4n) is 2.01. The van der Waals surface area contributed by atoms with Crippen molar-refractivity contribution in [3.05, 3.63) is 17.1 Å². The second-order valence-corrected chi connectivity index (χ2v) is 4.47. The zero-order valence-electron chi connectivity index (χ0n) is 7.98. The van der Waals surface area contributed by atoms with Crippen LogP contribution in [0.15, 0.2) is 11.4 Å². The largest absolute Gasteiger partial charge is 0.327 e. The predicted molar refractivity (Wildman–Crippen MR) is 56.4 cm³/mol. The molecule has 1 aromatic rings. The molecule has 3 nitrogen and oxygen atoms in total. The Morgan fingerprint density at radius 2 is 2.29 bits per heavy atom. The predicted octanol–water partition coefficient (Wildman–Crippen LogP) is 1.84. The molecule has 0 amide bonds. The van der Waals surface area contributed by atoms with Crippen molar-refractivity contribution < 1.29 is 4.79 Å². The second-order valence-electron chi connectivity index (χ2n) is 3.80. The van der Waals surface area contributed by atoms with Crippen LogP contribution in [0.25, 0.3) is 0 Å². The van der Waals surface area contributed by atoms with E-state index in [2.05, 4.69) is 4.37 Å². The van der Waals surface area contributed by atoms with Gasteiger partial charge in [-0.3, -0.25) is 4.79 Å². The summed E-state index contributed by atoms with van der Waals surface area (Å²) in [6, 6.07) is 1.83. The molecular formula is C10H14N2OS. The number of aromatic nitrogens is 1. The highest BCUT2D eigenvalue weighted by atomic mass is 32.1. The highest BCUT2D eigenvalue weighted by Crippen LogP contribution is 2.25. The van der Waals surface area contributed by atoms with E-state index in [1.807, 2.05) is 5.38 Å². The van der Waals surface area contributed by atoms with Gasteiger partial charge in [-0.05, 0) is 30.4 Å². The van der Waals surface area contributed by atoms with Crippen LogP contribution < -0.4 is 5.73 Å². The standard InChI is InChI=1S/C10H14N2OS/c11-8-4-2-1-3-7(8)10(13)9-5-6-14-12-9/h5-8H,1-4,11H2. The molecule has 1 aromatic heterocycles. The molecule has 2 unspecified atom stereocenters. The van der Waals surface area contributed by atoms with E-state index >= 15 is 0 Å².